The lowest BCUT2D eigenvalue weighted by atomic mass is 9.85. The summed E-state index contributed by atoms with van der Waals surface area (Å²) >= 11 is 0. The molecule has 0 radical (unpaired) electrons. The van der Waals surface area contributed by atoms with Gasteiger partial charge in [0.05, 0.1) is 12.7 Å². The van der Waals surface area contributed by atoms with E-state index in [1.165, 1.54) is 5.56 Å². The first-order chi connectivity index (χ1) is 13.7. The van der Waals surface area contributed by atoms with Gasteiger partial charge in [0.2, 0.25) is 0 Å². The van der Waals surface area contributed by atoms with E-state index in [2.05, 4.69) is 40.2 Å². The minimum atomic E-state index is -0.752. The van der Waals surface area contributed by atoms with E-state index in [0.29, 0.717) is 0 Å². The number of aromatic nitrogens is 1. The minimum Gasteiger partial charge on any atom is -0.496 e. The molecule has 0 amide bonds. The fourth-order valence-electron chi connectivity index (χ4n) is 3.94. The maximum atomic E-state index is 11.0. The number of hydrogen-bond donors (Lipinski definition) is 1. The molecular weight excluding hydrogens is 348 g/mol. The second-order valence-corrected chi connectivity index (χ2v) is 7.45. The molecule has 28 heavy (non-hydrogen) atoms. The Balaban J connectivity index is 1.39. The van der Waals surface area contributed by atoms with Gasteiger partial charge in [0.1, 0.15) is 5.75 Å². The quantitative estimate of drug-likeness (QED) is 0.726. The molecule has 4 heteroatoms. The lowest BCUT2D eigenvalue weighted by Gasteiger charge is -2.38. The van der Waals surface area contributed by atoms with Crippen LogP contribution in [-0.4, -0.2) is 35.2 Å². The number of benzene rings is 2. The van der Waals surface area contributed by atoms with Gasteiger partial charge < -0.3 is 9.84 Å². The van der Waals surface area contributed by atoms with Crippen LogP contribution in [0.2, 0.25) is 0 Å². The smallest absolute Gasteiger partial charge is 0.126 e. The Morgan fingerprint density at radius 2 is 1.75 bits per heavy atom. The van der Waals surface area contributed by atoms with Crippen molar-refractivity contribution in [2.75, 3.05) is 20.2 Å². The van der Waals surface area contributed by atoms with E-state index in [9.17, 15) is 5.11 Å². The number of aliphatic hydroxyl groups is 1. The zero-order valence-corrected chi connectivity index (χ0v) is 16.2. The Labute approximate surface area is 166 Å². The van der Waals surface area contributed by atoms with Gasteiger partial charge in [0.15, 0.2) is 0 Å². The summed E-state index contributed by atoms with van der Waals surface area (Å²) in [7, 11) is 1.70. The van der Waals surface area contributed by atoms with Gasteiger partial charge in [-0.2, -0.15) is 0 Å². The van der Waals surface area contributed by atoms with Crippen molar-refractivity contribution in [2.45, 2.75) is 25.0 Å². The summed E-state index contributed by atoms with van der Waals surface area (Å²) in [6.45, 7) is 2.65. The number of rotatable bonds is 5. The normalized spacial score (nSPS) is 16.6. The number of piperidine rings is 1. The van der Waals surface area contributed by atoms with E-state index >= 15 is 0 Å². The maximum absolute atomic E-state index is 11.0. The Hall–Kier alpha value is -2.69. The second-order valence-electron chi connectivity index (χ2n) is 7.45. The average molecular weight is 374 g/mol. The van der Waals surface area contributed by atoms with Crippen molar-refractivity contribution in [3.05, 3.63) is 84.2 Å². The molecule has 4 nitrogen and oxygen atoms in total. The third kappa shape index (κ3) is 3.93. The van der Waals surface area contributed by atoms with Crippen LogP contribution in [0.4, 0.5) is 0 Å². The van der Waals surface area contributed by atoms with Crippen molar-refractivity contribution in [1.82, 2.24) is 9.88 Å². The Kier molecular flexibility index (Phi) is 5.42. The highest BCUT2D eigenvalue weighted by Gasteiger charge is 2.34. The summed E-state index contributed by atoms with van der Waals surface area (Å²) in [4.78, 5) is 6.56. The van der Waals surface area contributed by atoms with Gasteiger partial charge in [-0.1, -0.05) is 48.5 Å². The van der Waals surface area contributed by atoms with E-state index in [4.69, 9.17) is 4.74 Å². The van der Waals surface area contributed by atoms with Crippen LogP contribution in [0.3, 0.4) is 0 Å². The molecule has 1 aliphatic rings. The van der Waals surface area contributed by atoms with E-state index in [0.717, 1.165) is 54.9 Å². The molecule has 0 bridgehead atoms. The first kappa shape index (κ1) is 18.7. The van der Waals surface area contributed by atoms with Gasteiger partial charge in [-0.3, -0.25) is 9.88 Å². The van der Waals surface area contributed by atoms with Crippen molar-refractivity contribution >= 4 is 0 Å². The molecule has 1 aromatic heterocycles. The van der Waals surface area contributed by atoms with Crippen molar-refractivity contribution in [1.29, 1.82) is 0 Å². The van der Waals surface area contributed by atoms with Crippen LogP contribution >= 0.6 is 0 Å². The number of ether oxygens (including phenoxy) is 1. The fourth-order valence-corrected chi connectivity index (χ4v) is 3.94. The number of methoxy groups -OCH3 is 1. The molecular formula is C24H26N2O2. The molecule has 0 saturated carbocycles. The van der Waals surface area contributed by atoms with E-state index in [-0.39, 0.29) is 0 Å². The minimum absolute atomic E-state index is 0.734. The zero-order chi connectivity index (χ0) is 19.4. The highest BCUT2D eigenvalue weighted by molar-refractivity contribution is 5.70. The fraction of sp³-hybridized carbons (Fsp3) is 0.292. The Bertz CT molecular complexity index is 901. The van der Waals surface area contributed by atoms with E-state index < -0.39 is 5.60 Å². The van der Waals surface area contributed by atoms with E-state index in [1.807, 2.05) is 30.3 Å². The molecule has 4 rings (SSSR count). The Morgan fingerprint density at radius 3 is 2.43 bits per heavy atom. The number of para-hydroxylation sites is 1. The van der Waals surface area contributed by atoms with Crippen LogP contribution < -0.4 is 4.74 Å². The summed E-state index contributed by atoms with van der Waals surface area (Å²) in [6.07, 6.45) is 5.00. The summed E-state index contributed by atoms with van der Waals surface area (Å²) in [5.41, 5.74) is 3.72. The maximum Gasteiger partial charge on any atom is 0.126 e. The predicted molar refractivity (Wildman–Crippen MR) is 111 cm³/mol. The first-order valence-corrected chi connectivity index (χ1v) is 9.75. The summed E-state index contributed by atoms with van der Waals surface area (Å²) < 4.78 is 5.47. The standard InChI is InChI=1S/C24H26N2O2/c1-28-23-7-3-2-6-22(23)20-10-8-19(9-11-20)18-26-15-12-24(27,13-16-26)21-5-4-14-25-17-21/h2-11,14,17,27H,12-13,15-16,18H2,1H3. The third-order valence-electron chi connectivity index (χ3n) is 5.66. The molecule has 2 aromatic carbocycles. The largest absolute Gasteiger partial charge is 0.496 e. The number of nitrogens with zero attached hydrogens (tertiary/aromatic N) is 2. The second kappa shape index (κ2) is 8.13. The summed E-state index contributed by atoms with van der Waals surface area (Å²) in [5.74, 6) is 0.890. The van der Waals surface area contributed by atoms with Crippen LogP contribution in [0.15, 0.2) is 73.1 Å². The highest BCUT2D eigenvalue weighted by atomic mass is 16.5. The zero-order valence-electron chi connectivity index (χ0n) is 16.2. The Morgan fingerprint density at radius 1 is 1.00 bits per heavy atom. The van der Waals surface area contributed by atoms with Crippen LogP contribution in [-0.2, 0) is 12.1 Å². The molecule has 144 valence electrons. The topological polar surface area (TPSA) is 45.6 Å². The average Bonchev–Trinajstić information content (AvgIpc) is 2.77. The summed E-state index contributed by atoms with van der Waals surface area (Å²) in [5, 5.41) is 11.0. The van der Waals surface area contributed by atoms with Gasteiger partial charge in [-0.25, -0.2) is 0 Å². The third-order valence-corrected chi connectivity index (χ3v) is 5.66. The molecule has 0 atom stereocenters. The molecule has 0 unspecified atom stereocenters. The molecule has 3 aromatic rings. The van der Waals surface area contributed by atoms with Crippen molar-refractivity contribution in [3.63, 3.8) is 0 Å². The van der Waals surface area contributed by atoms with Crippen molar-refractivity contribution in [3.8, 4) is 16.9 Å². The lowest BCUT2D eigenvalue weighted by molar-refractivity contribution is -0.0279. The molecule has 1 aliphatic heterocycles. The molecule has 0 spiro atoms. The molecule has 1 fully saturated rings. The lowest BCUT2D eigenvalue weighted by Crippen LogP contribution is -2.42. The van der Waals surface area contributed by atoms with Gasteiger partial charge >= 0.3 is 0 Å². The molecule has 2 heterocycles. The number of pyridine rings is 1. The van der Waals surface area contributed by atoms with Gasteiger partial charge in [0.25, 0.3) is 0 Å². The summed E-state index contributed by atoms with van der Waals surface area (Å²) in [6, 6.07) is 20.6. The van der Waals surface area contributed by atoms with Gasteiger partial charge in [-0.15, -0.1) is 0 Å². The van der Waals surface area contributed by atoms with Crippen LogP contribution in [0.5, 0.6) is 5.75 Å². The molecule has 1 saturated heterocycles. The van der Waals surface area contributed by atoms with Crippen molar-refractivity contribution < 1.29 is 9.84 Å². The first-order valence-electron chi connectivity index (χ1n) is 9.75. The van der Waals surface area contributed by atoms with E-state index in [1.54, 1.807) is 19.5 Å². The van der Waals surface area contributed by atoms with Gasteiger partial charge in [0, 0.05) is 43.2 Å². The highest BCUT2D eigenvalue weighted by Crippen LogP contribution is 2.33. The van der Waals surface area contributed by atoms with Crippen LogP contribution in [0.1, 0.15) is 24.0 Å². The number of hydrogen-bond acceptors (Lipinski definition) is 4. The predicted octanol–water partition coefficient (Wildman–Crippen LogP) is 4.24. The van der Waals surface area contributed by atoms with Crippen LogP contribution in [0.25, 0.3) is 11.1 Å². The van der Waals surface area contributed by atoms with Gasteiger partial charge in [-0.05, 0) is 36.1 Å². The number of likely N-dealkylation sites (tertiary alicyclic amines) is 1. The monoisotopic (exact) mass is 374 g/mol. The molecule has 1 N–H and O–H groups in total. The SMILES string of the molecule is COc1ccccc1-c1ccc(CN2CCC(O)(c3cccnc3)CC2)cc1. The van der Waals surface area contributed by atoms with Crippen molar-refractivity contribution in [2.24, 2.45) is 0 Å². The van der Waals surface area contributed by atoms with Crippen LogP contribution in [0, 0.1) is 0 Å². The molecule has 0 aliphatic carbocycles.